The number of nitrogens with zero attached hydrogens (tertiary/aromatic N) is 1. The summed E-state index contributed by atoms with van der Waals surface area (Å²) in [5.74, 6) is 1.73. The largest absolute Gasteiger partial charge is 0.491 e. The summed E-state index contributed by atoms with van der Waals surface area (Å²) in [6, 6.07) is 8.52. The Morgan fingerprint density at radius 1 is 1.11 bits per heavy atom. The van der Waals surface area contributed by atoms with Gasteiger partial charge in [0.25, 0.3) is 0 Å². The number of hydrogen-bond donors (Lipinski definition) is 2. The molecular formula is C22H33N3O3. The van der Waals surface area contributed by atoms with Crippen LogP contribution in [-0.4, -0.2) is 55.0 Å². The van der Waals surface area contributed by atoms with E-state index in [0.29, 0.717) is 32.2 Å². The lowest BCUT2D eigenvalue weighted by Gasteiger charge is -2.30. The number of amides is 2. The van der Waals surface area contributed by atoms with E-state index in [0.717, 1.165) is 36.6 Å². The first-order valence-electron chi connectivity index (χ1n) is 10.5. The smallest absolute Gasteiger partial charge is 0.221 e. The van der Waals surface area contributed by atoms with Gasteiger partial charge in [-0.1, -0.05) is 18.2 Å². The zero-order valence-electron chi connectivity index (χ0n) is 17.1. The first-order valence-corrected chi connectivity index (χ1v) is 10.5. The minimum absolute atomic E-state index is 0.0150. The van der Waals surface area contributed by atoms with Crippen molar-refractivity contribution in [2.75, 3.05) is 26.2 Å². The molecule has 1 aliphatic heterocycles. The van der Waals surface area contributed by atoms with Gasteiger partial charge in [-0.3, -0.25) is 14.5 Å². The molecular weight excluding hydrogens is 354 g/mol. The van der Waals surface area contributed by atoms with Crippen molar-refractivity contribution in [2.24, 2.45) is 5.92 Å². The molecule has 6 heteroatoms. The van der Waals surface area contributed by atoms with Gasteiger partial charge in [-0.2, -0.15) is 0 Å². The van der Waals surface area contributed by atoms with Crippen LogP contribution in [-0.2, 0) is 9.59 Å². The van der Waals surface area contributed by atoms with Crippen LogP contribution in [0.3, 0.4) is 0 Å². The Bertz CT molecular complexity index is 675. The van der Waals surface area contributed by atoms with Crippen LogP contribution in [0.5, 0.6) is 5.75 Å². The van der Waals surface area contributed by atoms with Gasteiger partial charge in [0.15, 0.2) is 0 Å². The van der Waals surface area contributed by atoms with Crippen LogP contribution in [0.2, 0.25) is 0 Å². The predicted octanol–water partition coefficient (Wildman–Crippen LogP) is 2.26. The van der Waals surface area contributed by atoms with E-state index in [9.17, 15) is 9.59 Å². The molecule has 3 rings (SSSR count). The van der Waals surface area contributed by atoms with Crippen LogP contribution in [0.1, 0.15) is 44.6 Å². The van der Waals surface area contributed by atoms with Crippen molar-refractivity contribution in [3.8, 4) is 5.75 Å². The fraction of sp³-hybridized carbons (Fsp3) is 0.636. The van der Waals surface area contributed by atoms with Gasteiger partial charge in [-0.05, 0) is 50.2 Å². The number of hydrogen-bond acceptors (Lipinski definition) is 4. The van der Waals surface area contributed by atoms with Crippen LogP contribution in [0.15, 0.2) is 24.3 Å². The number of ether oxygens (including phenoxy) is 1. The molecule has 0 aromatic heterocycles. The van der Waals surface area contributed by atoms with E-state index >= 15 is 0 Å². The number of likely N-dealkylation sites (tertiary alicyclic amines) is 1. The highest BCUT2D eigenvalue weighted by atomic mass is 16.5. The molecule has 2 N–H and O–H groups in total. The van der Waals surface area contributed by atoms with E-state index in [1.165, 1.54) is 12.8 Å². The van der Waals surface area contributed by atoms with Gasteiger partial charge in [0.1, 0.15) is 12.4 Å². The van der Waals surface area contributed by atoms with Gasteiger partial charge in [0.05, 0.1) is 6.54 Å². The molecule has 2 atom stereocenters. The van der Waals surface area contributed by atoms with Gasteiger partial charge >= 0.3 is 0 Å². The number of rotatable bonds is 10. The Labute approximate surface area is 168 Å². The van der Waals surface area contributed by atoms with Gasteiger partial charge in [0.2, 0.25) is 11.8 Å². The Balaban J connectivity index is 1.41. The quantitative estimate of drug-likeness (QED) is 0.604. The second-order valence-corrected chi connectivity index (χ2v) is 8.13. The molecule has 6 nitrogen and oxygen atoms in total. The normalized spacial score (nSPS) is 22.1. The van der Waals surface area contributed by atoms with E-state index < -0.39 is 0 Å². The molecule has 2 fully saturated rings. The molecule has 1 heterocycles. The summed E-state index contributed by atoms with van der Waals surface area (Å²) in [7, 11) is 0. The Hall–Kier alpha value is -2.08. The topological polar surface area (TPSA) is 70.7 Å². The number of carbonyl (C=O) groups is 2. The molecule has 1 aromatic rings. The standard InChI is InChI=1S/C22H33N3O3/c1-16-5-3-4-6-21(16)28-12-11-23-22(27)13-19-9-10-20(14-24-17(2)26)25(19)15-18-7-8-18/h3-6,18-20H,7-15H2,1-2H3,(H,23,27)(H,24,26)/t19-,20+/m0/s1. The summed E-state index contributed by atoms with van der Waals surface area (Å²) in [6.07, 6.45) is 5.16. The summed E-state index contributed by atoms with van der Waals surface area (Å²) in [4.78, 5) is 26.2. The third-order valence-electron chi connectivity index (χ3n) is 5.72. The first-order chi connectivity index (χ1) is 13.5. The lowest BCUT2D eigenvalue weighted by atomic mass is 10.1. The van der Waals surface area contributed by atoms with Crippen molar-refractivity contribution < 1.29 is 14.3 Å². The van der Waals surface area contributed by atoms with Gasteiger partial charge in [0, 0.05) is 38.5 Å². The van der Waals surface area contributed by atoms with E-state index in [1.54, 1.807) is 6.92 Å². The third kappa shape index (κ3) is 6.23. The molecule has 1 saturated carbocycles. The lowest BCUT2D eigenvalue weighted by molar-refractivity contribution is -0.122. The fourth-order valence-electron chi connectivity index (χ4n) is 3.97. The van der Waals surface area contributed by atoms with Crippen molar-refractivity contribution in [2.45, 2.75) is 58.0 Å². The molecule has 0 spiro atoms. The molecule has 154 valence electrons. The monoisotopic (exact) mass is 387 g/mol. The Kier molecular flexibility index (Phi) is 7.31. The third-order valence-corrected chi connectivity index (χ3v) is 5.72. The van der Waals surface area contributed by atoms with Crippen molar-refractivity contribution in [3.63, 3.8) is 0 Å². The van der Waals surface area contributed by atoms with E-state index in [2.05, 4.69) is 15.5 Å². The SMILES string of the molecule is CC(=O)NC[C@H]1CC[C@@H](CC(=O)NCCOc2ccccc2C)N1CC1CC1. The first kappa shape index (κ1) is 20.6. The molecule has 1 saturated heterocycles. The highest BCUT2D eigenvalue weighted by Gasteiger charge is 2.37. The molecule has 1 aromatic carbocycles. The van der Waals surface area contributed by atoms with Crippen LogP contribution >= 0.6 is 0 Å². The van der Waals surface area contributed by atoms with Crippen LogP contribution in [0.25, 0.3) is 0 Å². The Morgan fingerprint density at radius 2 is 1.86 bits per heavy atom. The van der Waals surface area contributed by atoms with Gasteiger partial charge in [-0.25, -0.2) is 0 Å². The van der Waals surface area contributed by atoms with E-state index in [-0.39, 0.29) is 17.9 Å². The summed E-state index contributed by atoms with van der Waals surface area (Å²) < 4.78 is 5.75. The average molecular weight is 388 g/mol. The van der Waals surface area contributed by atoms with Gasteiger partial charge in [-0.15, -0.1) is 0 Å². The van der Waals surface area contributed by atoms with Crippen molar-refractivity contribution in [1.29, 1.82) is 0 Å². The average Bonchev–Trinajstić information content (AvgIpc) is 3.41. The number of nitrogens with one attached hydrogen (secondary N) is 2. The Morgan fingerprint density at radius 3 is 2.57 bits per heavy atom. The number of benzene rings is 1. The number of para-hydroxylation sites is 1. The maximum atomic E-state index is 12.4. The van der Waals surface area contributed by atoms with E-state index in [1.807, 2.05) is 31.2 Å². The minimum Gasteiger partial charge on any atom is -0.491 e. The second kappa shape index (κ2) is 9.92. The maximum absolute atomic E-state index is 12.4. The number of carbonyl (C=O) groups excluding carboxylic acids is 2. The van der Waals surface area contributed by atoms with Crippen LogP contribution < -0.4 is 15.4 Å². The predicted molar refractivity (Wildman–Crippen MR) is 109 cm³/mol. The molecule has 0 bridgehead atoms. The summed E-state index contributed by atoms with van der Waals surface area (Å²) in [5, 5.41) is 5.94. The van der Waals surface area contributed by atoms with E-state index in [4.69, 9.17) is 4.74 Å². The molecule has 1 aliphatic carbocycles. The van der Waals surface area contributed by atoms with Crippen molar-refractivity contribution in [1.82, 2.24) is 15.5 Å². The van der Waals surface area contributed by atoms with Crippen LogP contribution in [0.4, 0.5) is 0 Å². The van der Waals surface area contributed by atoms with Gasteiger partial charge < -0.3 is 15.4 Å². The minimum atomic E-state index is 0.0150. The second-order valence-electron chi connectivity index (χ2n) is 8.13. The summed E-state index contributed by atoms with van der Waals surface area (Å²) >= 11 is 0. The zero-order chi connectivity index (χ0) is 19.9. The summed E-state index contributed by atoms with van der Waals surface area (Å²) in [5.41, 5.74) is 1.10. The van der Waals surface area contributed by atoms with Crippen LogP contribution in [0, 0.1) is 12.8 Å². The fourth-order valence-corrected chi connectivity index (χ4v) is 3.97. The number of aryl methyl sites for hydroxylation is 1. The van der Waals surface area contributed by atoms with Crippen molar-refractivity contribution >= 4 is 11.8 Å². The summed E-state index contributed by atoms with van der Waals surface area (Å²) in [6.45, 7) is 6.29. The highest BCUT2D eigenvalue weighted by Crippen LogP contribution is 2.35. The molecule has 28 heavy (non-hydrogen) atoms. The molecule has 2 amide bonds. The highest BCUT2D eigenvalue weighted by molar-refractivity contribution is 5.76. The zero-order valence-corrected chi connectivity index (χ0v) is 17.1. The maximum Gasteiger partial charge on any atom is 0.221 e. The lowest BCUT2D eigenvalue weighted by Crippen LogP contribution is -2.45. The molecule has 0 radical (unpaired) electrons. The molecule has 2 aliphatic rings. The molecule has 0 unspecified atom stereocenters. The van der Waals surface area contributed by atoms with Crippen molar-refractivity contribution in [3.05, 3.63) is 29.8 Å².